The Hall–Kier alpha value is -2.01. The molecule has 2 N–H and O–H groups in total. The van der Waals surface area contributed by atoms with E-state index in [4.69, 9.17) is 12.2 Å². The third-order valence-corrected chi connectivity index (χ3v) is 3.74. The smallest absolute Gasteiger partial charge is 0.175 e. The Morgan fingerprint density at radius 3 is 2.45 bits per heavy atom. The lowest BCUT2D eigenvalue weighted by molar-refractivity contribution is 0.586. The van der Waals surface area contributed by atoms with Crippen LogP contribution >= 0.6 is 12.2 Å². The monoisotopic (exact) mass is 320 g/mol. The van der Waals surface area contributed by atoms with Gasteiger partial charge in [-0.05, 0) is 48.3 Å². The standard InChI is InChI=1S/C17H18F2N2S/c1-3-11(2)13-6-4-5-7-15(13)20-17(22)21-16-9-8-12(18)10-14(16)19/h4-11H,3H2,1-2H3,(H2,20,21,22). The Morgan fingerprint density at radius 2 is 1.77 bits per heavy atom. The van der Waals surface area contributed by atoms with Crippen molar-refractivity contribution in [2.45, 2.75) is 26.2 Å². The number of halogens is 2. The third kappa shape index (κ3) is 4.01. The highest BCUT2D eigenvalue weighted by atomic mass is 32.1. The van der Waals surface area contributed by atoms with E-state index < -0.39 is 11.6 Å². The van der Waals surface area contributed by atoms with Crippen molar-refractivity contribution in [3.63, 3.8) is 0 Å². The number of para-hydroxylation sites is 1. The minimum Gasteiger partial charge on any atom is -0.332 e. The average Bonchev–Trinajstić information content (AvgIpc) is 2.50. The molecule has 0 heterocycles. The zero-order valence-electron chi connectivity index (χ0n) is 12.5. The fraction of sp³-hybridized carbons (Fsp3) is 0.235. The minimum atomic E-state index is -0.681. The molecule has 0 fully saturated rings. The fourth-order valence-electron chi connectivity index (χ4n) is 2.13. The van der Waals surface area contributed by atoms with E-state index in [1.54, 1.807) is 0 Å². The van der Waals surface area contributed by atoms with Crippen LogP contribution in [0.1, 0.15) is 31.7 Å². The van der Waals surface area contributed by atoms with Gasteiger partial charge < -0.3 is 10.6 Å². The van der Waals surface area contributed by atoms with Gasteiger partial charge in [0.1, 0.15) is 11.6 Å². The summed E-state index contributed by atoms with van der Waals surface area (Å²) < 4.78 is 26.5. The first kappa shape index (κ1) is 16.4. The quantitative estimate of drug-likeness (QED) is 0.749. The molecule has 0 saturated carbocycles. The molecule has 0 radical (unpaired) electrons. The van der Waals surface area contributed by atoms with E-state index in [2.05, 4.69) is 24.5 Å². The van der Waals surface area contributed by atoms with Crippen LogP contribution in [-0.2, 0) is 0 Å². The van der Waals surface area contributed by atoms with Crippen LogP contribution in [-0.4, -0.2) is 5.11 Å². The van der Waals surface area contributed by atoms with Gasteiger partial charge in [-0.3, -0.25) is 0 Å². The van der Waals surface area contributed by atoms with E-state index in [0.717, 1.165) is 23.7 Å². The first-order valence-electron chi connectivity index (χ1n) is 7.13. The molecule has 0 spiro atoms. The highest BCUT2D eigenvalue weighted by molar-refractivity contribution is 7.80. The van der Waals surface area contributed by atoms with Crippen molar-refractivity contribution in [3.05, 3.63) is 59.7 Å². The molecule has 0 saturated heterocycles. The molecule has 2 rings (SSSR count). The van der Waals surface area contributed by atoms with Gasteiger partial charge in [-0.15, -0.1) is 0 Å². The van der Waals surface area contributed by atoms with Crippen molar-refractivity contribution in [3.8, 4) is 0 Å². The number of benzene rings is 2. The van der Waals surface area contributed by atoms with Crippen LogP contribution < -0.4 is 10.6 Å². The average molecular weight is 320 g/mol. The zero-order valence-corrected chi connectivity index (χ0v) is 13.3. The SMILES string of the molecule is CCC(C)c1ccccc1NC(=S)Nc1ccc(F)cc1F. The summed E-state index contributed by atoms with van der Waals surface area (Å²) in [5.74, 6) is -0.919. The molecule has 1 unspecified atom stereocenters. The van der Waals surface area contributed by atoms with Crippen LogP contribution in [0, 0.1) is 11.6 Å². The summed E-state index contributed by atoms with van der Waals surface area (Å²) in [6, 6.07) is 11.2. The van der Waals surface area contributed by atoms with Crippen LogP contribution in [0.15, 0.2) is 42.5 Å². The topological polar surface area (TPSA) is 24.1 Å². The van der Waals surface area contributed by atoms with Gasteiger partial charge in [0.15, 0.2) is 5.11 Å². The molecule has 0 aliphatic heterocycles. The second-order valence-electron chi connectivity index (χ2n) is 5.10. The molecule has 0 aliphatic rings. The van der Waals surface area contributed by atoms with E-state index in [1.165, 1.54) is 12.1 Å². The molecule has 2 nitrogen and oxygen atoms in total. The van der Waals surface area contributed by atoms with Crippen molar-refractivity contribution >= 4 is 28.7 Å². The zero-order chi connectivity index (χ0) is 16.1. The maximum Gasteiger partial charge on any atom is 0.175 e. The van der Waals surface area contributed by atoms with Crippen LogP contribution in [0.2, 0.25) is 0 Å². The molecule has 0 bridgehead atoms. The molecule has 116 valence electrons. The van der Waals surface area contributed by atoms with Gasteiger partial charge in [0.2, 0.25) is 0 Å². The van der Waals surface area contributed by atoms with Crippen LogP contribution in [0.3, 0.4) is 0 Å². The van der Waals surface area contributed by atoms with Crippen molar-refractivity contribution in [1.82, 2.24) is 0 Å². The number of hydrogen-bond acceptors (Lipinski definition) is 1. The summed E-state index contributed by atoms with van der Waals surface area (Å²) in [6.07, 6.45) is 1.01. The van der Waals surface area contributed by atoms with E-state index in [9.17, 15) is 8.78 Å². The Kier molecular flexibility index (Phi) is 5.44. The molecule has 5 heteroatoms. The number of rotatable bonds is 4. The molecule has 2 aromatic carbocycles. The summed E-state index contributed by atoms with van der Waals surface area (Å²) in [5, 5.41) is 6.09. The molecule has 2 aromatic rings. The lowest BCUT2D eigenvalue weighted by Crippen LogP contribution is -2.21. The van der Waals surface area contributed by atoms with Crippen molar-refractivity contribution < 1.29 is 8.78 Å². The summed E-state index contributed by atoms with van der Waals surface area (Å²) in [5.41, 5.74) is 2.17. The van der Waals surface area contributed by atoms with Crippen molar-refractivity contribution in [2.24, 2.45) is 0 Å². The summed E-state index contributed by atoms with van der Waals surface area (Å²) >= 11 is 5.21. The van der Waals surface area contributed by atoms with E-state index in [1.807, 2.05) is 24.3 Å². The van der Waals surface area contributed by atoms with Gasteiger partial charge in [0.05, 0.1) is 5.69 Å². The predicted molar refractivity (Wildman–Crippen MR) is 91.3 cm³/mol. The second-order valence-corrected chi connectivity index (χ2v) is 5.51. The number of hydrogen-bond donors (Lipinski definition) is 2. The van der Waals surface area contributed by atoms with Gasteiger partial charge in [0.25, 0.3) is 0 Å². The van der Waals surface area contributed by atoms with Gasteiger partial charge in [-0.1, -0.05) is 32.0 Å². The summed E-state index contributed by atoms with van der Waals surface area (Å²) in [7, 11) is 0. The third-order valence-electron chi connectivity index (χ3n) is 3.53. The van der Waals surface area contributed by atoms with Gasteiger partial charge in [0, 0.05) is 11.8 Å². The second kappa shape index (κ2) is 7.31. The fourth-order valence-corrected chi connectivity index (χ4v) is 2.35. The van der Waals surface area contributed by atoms with E-state index in [0.29, 0.717) is 5.92 Å². The summed E-state index contributed by atoms with van der Waals surface area (Å²) in [4.78, 5) is 0. The molecular formula is C17H18F2N2S. The normalized spacial score (nSPS) is 11.8. The molecule has 0 aromatic heterocycles. The Balaban J connectivity index is 2.12. The molecule has 0 aliphatic carbocycles. The van der Waals surface area contributed by atoms with Gasteiger partial charge in [-0.2, -0.15) is 0 Å². The molecule has 0 amide bonds. The Bertz CT molecular complexity index is 673. The number of nitrogens with one attached hydrogen (secondary N) is 2. The van der Waals surface area contributed by atoms with Crippen LogP contribution in [0.4, 0.5) is 20.2 Å². The van der Waals surface area contributed by atoms with Crippen LogP contribution in [0.5, 0.6) is 0 Å². The highest BCUT2D eigenvalue weighted by Crippen LogP contribution is 2.26. The molecule has 22 heavy (non-hydrogen) atoms. The van der Waals surface area contributed by atoms with E-state index in [-0.39, 0.29) is 10.8 Å². The first-order chi connectivity index (χ1) is 10.5. The Labute approximate surface area is 134 Å². The Morgan fingerprint density at radius 1 is 1.09 bits per heavy atom. The maximum absolute atomic E-state index is 13.6. The highest BCUT2D eigenvalue weighted by Gasteiger charge is 2.10. The van der Waals surface area contributed by atoms with Crippen molar-refractivity contribution in [2.75, 3.05) is 10.6 Å². The largest absolute Gasteiger partial charge is 0.332 e. The maximum atomic E-state index is 13.6. The van der Waals surface area contributed by atoms with Gasteiger partial charge >= 0.3 is 0 Å². The number of thiocarbonyl (C=S) groups is 1. The number of anilines is 2. The summed E-state index contributed by atoms with van der Waals surface area (Å²) in [6.45, 7) is 4.25. The molecular weight excluding hydrogens is 302 g/mol. The first-order valence-corrected chi connectivity index (χ1v) is 7.54. The lowest BCUT2D eigenvalue weighted by atomic mass is 9.97. The molecule has 1 atom stereocenters. The van der Waals surface area contributed by atoms with Crippen LogP contribution in [0.25, 0.3) is 0 Å². The van der Waals surface area contributed by atoms with E-state index >= 15 is 0 Å². The van der Waals surface area contributed by atoms with Gasteiger partial charge in [-0.25, -0.2) is 8.78 Å². The predicted octanol–water partition coefficient (Wildman–Crippen LogP) is 5.29. The lowest BCUT2D eigenvalue weighted by Gasteiger charge is -2.17. The van der Waals surface area contributed by atoms with Crippen molar-refractivity contribution in [1.29, 1.82) is 0 Å². The minimum absolute atomic E-state index is 0.139.